The monoisotopic (exact) mass is 379 g/mol. The first kappa shape index (κ1) is 20.8. The maximum Gasteiger partial charge on any atom is 0.312 e. The summed E-state index contributed by atoms with van der Waals surface area (Å²) in [5.41, 5.74) is 0.744. The van der Waals surface area contributed by atoms with Gasteiger partial charge in [0.25, 0.3) is 0 Å². The van der Waals surface area contributed by atoms with Crippen LogP contribution >= 0.6 is 0 Å². The van der Waals surface area contributed by atoms with E-state index in [-0.39, 0.29) is 24.8 Å². The summed E-state index contributed by atoms with van der Waals surface area (Å²) in [5.74, 6) is -1.94. The molecule has 3 amide bonds. The highest BCUT2D eigenvalue weighted by atomic mass is 19.1. The number of hydrogen-bond acceptors (Lipinski definition) is 4. The van der Waals surface area contributed by atoms with Crippen LogP contribution in [0.4, 0.5) is 4.39 Å². The number of methoxy groups -OCH3 is 1. The summed E-state index contributed by atoms with van der Waals surface area (Å²) in [6.07, 6.45) is 1.10. The number of hydrogen-bond donors (Lipinski definition) is 1. The summed E-state index contributed by atoms with van der Waals surface area (Å²) in [4.78, 5) is 40.2. The van der Waals surface area contributed by atoms with Crippen LogP contribution in [-0.2, 0) is 25.7 Å². The average Bonchev–Trinajstić information content (AvgIpc) is 2.66. The van der Waals surface area contributed by atoms with Crippen molar-refractivity contribution in [2.24, 2.45) is 0 Å². The number of nitrogens with zero attached hydrogens (tertiary/aromatic N) is 2. The van der Waals surface area contributed by atoms with Crippen molar-refractivity contribution < 1.29 is 23.5 Å². The standard InChI is InChI=1S/C19H26FN3O4/c1-3-16(17(24)21-9-4-12-27-2)23-11-10-22(18(25)19(23)26)13-14-5-7-15(20)8-6-14/h5-8,16H,3-4,9-13H2,1-2H3,(H,21,24)/t16-/m1/s1. The Balaban J connectivity index is 1.96. The van der Waals surface area contributed by atoms with Gasteiger partial charge in [0.15, 0.2) is 0 Å². The fourth-order valence-corrected chi connectivity index (χ4v) is 3.04. The first-order valence-corrected chi connectivity index (χ1v) is 9.08. The third-order valence-corrected chi connectivity index (χ3v) is 4.52. The van der Waals surface area contributed by atoms with E-state index in [9.17, 15) is 18.8 Å². The van der Waals surface area contributed by atoms with Crippen molar-refractivity contribution in [3.63, 3.8) is 0 Å². The molecule has 8 heteroatoms. The lowest BCUT2D eigenvalue weighted by Gasteiger charge is -2.37. The molecule has 2 rings (SSSR count). The molecule has 1 aliphatic heterocycles. The Labute approximate surface area is 158 Å². The molecule has 1 heterocycles. The van der Waals surface area contributed by atoms with Gasteiger partial charge in [0.2, 0.25) is 5.91 Å². The maximum absolute atomic E-state index is 13.0. The molecule has 0 aliphatic carbocycles. The Morgan fingerprint density at radius 3 is 2.56 bits per heavy atom. The minimum absolute atomic E-state index is 0.235. The number of benzene rings is 1. The number of carbonyl (C=O) groups excluding carboxylic acids is 3. The van der Waals surface area contributed by atoms with Crippen LogP contribution in [0.5, 0.6) is 0 Å². The third kappa shape index (κ3) is 5.50. The molecule has 0 aromatic heterocycles. The predicted molar refractivity (Wildman–Crippen MR) is 97.1 cm³/mol. The Morgan fingerprint density at radius 2 is 1.93 bits per heavy atom. The van der Waals surface area contributed by atoms with Gasteiger partial charge in [-0.3, -0.25) is 14.4 Å². The second kappa shape index (κ2) is 10.0. The summed E-state index contributed by atoms with van der Waals surface area (Å²) < 4.78 is 17.9. The van der Waals surface area contributed by atoms with Gasteiger partial charge in [-0.2, -0.15) is 0 Å². The zero-order valence-electron chi connectivity index (χ0n) is 15.7. The second-order valence-corrected chi connectivity index (χ2v) is 6.41. The predicted octanol–water partition coefficient (Wildman–Crippen LogP) is 0.928. The van der Waals surface area contributed by atoms with Crippen LogP contribution < -0.4 is 5.32 Å². The molecule has 1 aromatic rings. The van der Waals surface area contributed by atoms with Gasteiger partial charge in [-0.25, -0.2) is 4.39 Å². The van der Waals surface area contributed by atoms with E-state index in [2.05, 4.69) is 5.32 Å². The number of ether oxygens (including phenoxy) is 1. The highest BCUT2D eigenvalue weighted by Crippen LogP contribution is 2.15. The molecule has 0 radical (unpaired) electrons. The first-order chi connectivity index (χ1) is 13.0. The van der Waals surface area contributed by atoms with Crippen molar-refractivity contribution in [1.82, 2.24) is 15.1 Å². The lowest BCUT2D eigenvalue weighted by Crippen LogP contribution is -2.60. The number of piperazine rings is 1. The van der Waals surface area contributed by atoms with Crippen molar-refractivity contribution in [1.29, 1.82) is 0 Å². The molecular weight excluding hydrogens is 353 g/mol. The molecule has 148 valence electrons. The van der Waals surface area contributed by atoms with Crippen molar-refractivity contribution in [3.8, 4) is 0 Å². The van der Waals surface area contributed by atoms with E-state index >= 15 is 0 Å². The number of rotatable bonds is 9. The average molecular weight is 379 g/mol. The molecule has 0 saturated carbocycles. The van der Waals surface area contributed by atoms with Crippen LogP contribution in [0.25, 0.3) is 0 Å². The van der Waals surface area contributed by atoms with Crippen LogP contribution in [0.15, 0.2) is 24.3 Å². The lowest BCUT2D eigenvalue weighted by atomic mass is 10.1. The van der Waals surface area contributed by atoms with Crippen molar-refractivity contribution in [2.75, 3.05) is 33.4 Å². The highest BCUT2D eigenvalue weighted by Gasteiger charge is 2.38. The van der Waals surface area contributed by atoms with E-state index in [1.165, 1.54) is 21.9 Å². The topological polar surface area (TPSA) is 79.0 Å². The van der Waals surface area contributed by atoms with Crippen molar-refractivity contribution >= 4 is 17.7 Å². The molecule has 0 unspecified atom stereocenters. The van der Waals surface area contributed by atoms with E-state index in [0.29, 0.717) is 32.5 Å². The largest absolute Gasteiger partial charge is 0.385 e. The normalized spacial score (nSPS) is 15.8. The first-order valence-electron chi connectivity index (χ1n) is 9.08. The van der Waals surface area contributed by atoms with Gasteiger partial charge in [0.05, 0.1) is 0 Å². The molecule has 1 aliphatic rings. The quantitative estimate of drug-likeness (QED) is 0.511. The summed E-state index contributed by atoms with van der Waals surface area (Å²) in [5, 5.41) is 2.78. The van der Waals surface area contributed by atoms with Crippen LogP contribution in [0.2, 0.25) is 0 Å². The molecule has 0 bridgehead atoms. The van der Waals surface area contributed by atoms with E-state index in [1.54, 1.807) is 19.2 Å². The lowest BCUT2D eigenvalue weighted by molar-refractivity contribution is -0.159. The van der Waals surface area contributed by atoms with Gasteiger partial charge in [-0.15, -0.1) is 0 Å². The van der Waals surface area contributed by atoms with Gasteiger partial charge in [0.1, 0.15) is 11.9 Å². The third-order valence-electron chi connectivity index (χ3n) is 4.52. The fraction of sp³-hybridized carbons (Fsp3) is 0.526. The minimum atomic E-state index is -0.678. The van der Waals surface area contributed by atoms with Crippen LogP contribution in [-0.4, -0.2) is 66.9 Å². The molecule has 1 fully saturated rings. The van der Waals surface area contributed by atoms with Gasteiger partial charge in [0, 0.05) is 39.9 Å². The Hall–Kier alpha value is -2.48. The van der Waals surface area contributed by atoms with E-state index in [4.69, 9.17) is 4.74 Å². The summed E-state index contributed by atoms with van der Waals surface area (Å²) in [7, 11) is 1.59. The van der Waals surface area contributed by atoms with Gasteiger partial charge < -0.3 is 19.9 Å². The van der Waals surface area contributed by atoms with E-state index in [1.807, 2.05) is 6.92 Å². The van der Waals surface area contributed by atoms with Crippen LogP contribution in [0.3, 0.4) is 0 Å². The molecule has 0 spiro atoms. The van der Waals surface area contributed by atoms with Gasteiger partial charge >= 0.3 is 11.8 Å². The van der Waals surface area contributed by atoms with Crippen molar-refractivity contribution in [3.05, 3.63) is 35.6 Å². The molecule has 7 nitrogen and oxygen atoms in total. The molecule has 27 heavy (non-hydrogen) atoms. The molecule has 1 aromatic carbocycles. The van der Waals surface area contributed by atoms with E-state index < -0.39 is 17.9 Å². The summed E-state index contributed by atoms with van der Waals surface area (Å²) in [6.45, 7) is 3.65. The summed E-state index contributed by atoms with van der Waals surface area (Å²) in [6, 6.07) is 5.14. The Kier molecular flexibility index (Phi) is 7.72. The number of halogens is 1. The zero-order chi connectivity index (χ0) is 19.8. The van der Waals surface area contributed by atoms with Crippen LogP contribution in [0, 0.1) is 5.82 Å². The molecule has 1 N–H and O–H groups in total. The van der Waals surface area contributed by atoms with Crippen molar-refractivity contribution in [2.45, 2.75) is 32.4 Å². The Morgan fingerprint density at radius 1 is 1.22 bits per heavy atom. The van der Waals surface area contributed by atoms with Gasteiger partial charge in [-0.05, 0) is 30.5 Å². The van der Waals surface area contributed by atoms with Gasteiger partial charge in [-0.1, -0.05) is 19.1 Å². The SMILES string of the molecule is CC[C@H](C(=O)NCCCOC)N1CCN(Cc2ccc(F)cc2)C(=O)C1=O. The molecule has 1 saturated heterocycles. The smallest absolute Gasteiger partial charge is 0.312 e. The van der Waals surface area contributed by atoms with Crippen LogP contribution in [0.1, 0.15) is 25.3 Å². The minimum Gasteiger partial charge on any atom is -0.385 e. The Bertz CT molecular complexity index is 665. The summed E-state index contributed by atoms with van der Waals surface area (Å²) >= 11 is 0. The number of nitrogens with one attached hydrogen (secondary N) is 1. The second-order valence-electron chi connectivity index (χ2n) is 6.41. The fourth-order valence-electron chi connectivity index (χ4n) is 3.04. The van der Waals surface area contributed by atoms with E-state index in [0.717, 1.165) is 5.56 Å². The number of carbonyl (C=O) groups is 3. The molecule has 1 atom stereocenters. The number of amides is 3. The highest BCUT2D eigenvalue weighted by molar-refractivity contribution is 6.35. The zero-order valence-corrected chi connectivity index (χ0v) is 15.7. The molecular formula is C19H26FN3O4. The maximum atomic E-state index is 13.0.